The molecule has 10 rings (SSSR count). The fourth-order valence-electron chi connectivity index (χ4n) is 30.7. The van der Waals surface area contributed by atoms with Crippen LogP contribution in [0.3, 0.4) is 0 Å². The summed E-state index contributed by atoms with van der Waals surface area (Å²) in [7, 11) is -3.03. The van der Waals surface area contributed by atoms with Crippen LogP contribution in [0.5, 0.6) is 0 Å². The van der Waals surface area contributed by atoms with Gasteiger partial charge in [0.2, 0.25) is 0 Å². The molecule has 0 bridgehead atoms. The third kappa shape index (κ3) is 0.903. The van der Waals surface area contributed by atoms with E-state index in [4.69, 9.17) is 0 Å². The van der Waals surface area contributed by atoms with Crippen molar-refractivity contribution in [3.63, 3.8) is 0 Å². The van der Waals surface area contributed by atoms with Crippen LogP contribution in [0.4, 0.5) is 0 Å². The van der Waals surface area contributed by atoms with Crippen LogP contribution in [0.2, 0.25) is 33.8 Å². The number of hydrogen-bond acceptors (Lipinski definition) is 0. The molecule has 0 saturated carbocycles. The summed E-state index contributed by atoms with van der Waals surface area (Å²) in [5, 5.41) is 0. The van der Waals surface area contributed by atoms with Crippen molar-refractivity contribution in [1.82, 2.24) is 0 Å². The Kier molecular flexibility index (Phi) is 3.64. The average molecular weight is 635 g/mol. The summed E-state index contributed by atoms with van der Waals surface area (Å²) in [6.45, 7) is 9.65. The number of rotatable bonds is 26. The van der Waals surface area contributed by atoms with Crippen LogP contribution in [0.25, 0.3) is 0 Å². The van der Waals surface area contributed by atoms with E-state index in [1.54, 1.807) is 135 Å². The summed E-state index contributed by atoms with van der Waals surface area (Å²) in [6, 6.07) is 0. The molecule has 0 N–H and O–H groups in total. The van der Waals surface area contributed by atoms with Crippen molar-refractivity contribution >= 4 is 15.8 Å². The second-order valence-corrected chi connectivity index (χ2v) is 61.9. The van der Waals surface area contributed by atoms with E-state index in [0.29, 0.717) is 15.8 Å². The first-order chi connectivity index (χ1) is 20.0. The molecule has 41 heavy (non-hydrogen) atoms. The molecular formula is C38H68P2Ti. The second kappa shape index (κ2) is 5.40. The summed E-state index contributed by atoms with van der Waals surface area (Å²) in [5.74, 6) is 0. The molecule has 1 spiro atoms. The van der Waals surface area contributed by atoms with Gasteiger partial charge in [-0.1, -0.05) is 0 Å². The van der Waals surface area contributed by atoms with E-state index >= 15 is 0 Å². The van der Waals surface area contributed by atoms with Crippen LogP contribution >= 0.6 is 15.8 Å². The van der Waals surface area contributed by atoms with Gasteiger partial charge in [-0.3, -0.25) is 0 Å². The Labute approximate surface area is 244 Å². The molecule has 0 aromatic carbocycles. The molecule has 10 fully saturated rings. The van der Waals surface area contributed by atoms with Crippen LogP contribution in [0, 0.1) is 0 Å². The number of fused-ring (bicyclic) bond motifs is 10. The molecule has 10 aliphatic heterocycles. The zero-order chi connectivity index (χ0) is 28.1. The molecule has 0 nitrogen and oxygen atoms in total. The minimum atomic E-state index is -3.79. The van der Waals surface area contributed by atoms with Crippen molar-refractivity contribution in [3.8, 4) is 0 Å². The molecule has 10 saturated heterocycles. The van der Waals surface area contributed by atoms with Gasteiger partial charge >= 0.3 is 246 Å². The van der Waals surface area contributed by atoms with Gasteiger partial charge in [0.15, 0.2) is 0 Å². The summed E-state index contributed by atoms with van der Waals surface area (Å²) in [5.41, 5.74) is 0. The van der Waals surface area contributed by atoms with Crippen molar-refractivity contribution in [1.29, 1.82) is 0 Å². The van der Waals surface area contributed by atoms with Gasteiger partial charge in [-0.05, 0) is 0 Å². The Hall–Kier alpha value is 1.57. The molecule has 0 amide bonds. The third-order valence-corrected chi connectivity index (χ3v) is 107. The summed E-state index contributed by atoms with van der Waals surface area (Å²) in [6.07, 6.45) is 37.9. The van der Waals surface area contributed by atoms with E-state index in [1.165, 1.54) is 58.3 Å². The molecular weight excluding hydrogens is 566 g/mol. The van der Waals surface area contributed by atoms with Crippen LogP contribution in [0.15, 0.2) is 0 Å². The van der Waals surface area contributed by atoms with Gasteiger partial charge in [0.1, 0.15) is 0 Å². The van der Waals surface area contributed by atoms with E-state index < -0.39 is 8.89 Å². The molecule has 0 aromatic rings. The van der Waals surface area contributed by atoms with Gasteiger partial charge in [-0.25, -0.2) is 0 Å². The van der Waals surface area contributed by atoms with Gasteiger partial charge in [-0.2, -0.15) is 0 Å². The number of unbranched alkanes of at least 4 members (excludes halogenated alkanes) is 16. The van der Waals surface area contributed by atoms with Gasteiger partial charge in [0.25, 0.3) is 0 Å². The van der Waals surface area contributed by atoms with Gasteiger partial charge in [0.05, 0.1) is 0 Å². The van der Waals surface area contributed by atoms with Crippen LogP contribution in [-0.4, -0.2) is 31.6 Å². The zero-order valence-corrected chi connectivity index (χ0v) is 31.3. The molecule has 3 heteroatoms. The Bertz CT molecular complexity index is 1250. The van der Waals surface area contributed by atoms with Crippen LogP contribution < -0.4 is 0 Å². The fraction of sp³-hybridized carbons (Fsp3) is 1.00. The molecule has 0 aromatic heterocycles. The summed E-state index contributed by atoms with van der Waals surface area (Å²) >= 11 is 0. The molecule has 0 radical (unpaired) electrons. The second-order valence-electron chi connectivity index (χ2n) is 22.4. The molecule has 234 valence electrons. The van der Waals surface area contributed by atoms with Gasteiger partial charge < -0.3 is 0 Å². The van der Waals surface area contributed by atoms with E-state index in [1.807, 2.05) is 0 Å². The molecule has 4 atom stereocenters. The van der Waals surface area contributed by atoms with Gasteiger partial charge in [0, 0.05) is 0 Å². The Balaban J connectivity index is 0.966. The first kappa shape index (κ1) is 27.7. The normalized spacial score (nSPS) is 58.6. The Morgan fingerprint density at radius 1 is 0.366 bits per heavy atom. The van der Waals surface area contributed by atoms with Crippen LogP contribution in [-0.2, 0) is 8.89 Å². The molecule has 10 aliphatic rings. The van der Waals surface area contributed by atoms with E-state index in [2.05, 4.69) is 27.7 Å². The van der Waals surface area contributed by atoms with E-state index in [9.17, 15) is 0 Å². The van der Waals surface area contributed by atoms with E-state index in [0.717, 1.165) is 0 Å². The first-order valence-corrected chi connectivity index (χ1v) is 32.7. The average Bonchev–Trinajstić information content (AvgIpc) is 3.93. The Morgan fingerprint density at radius 2 is 0.634 bits per heavy atom. The monoisotopic (exact) mass is 634 g/mol. The summed E-state index contributed by atoms with van der Waals surface area (Å²) in [4.78, 5) is 0. The van der Waals surface area contributed by atoms with Crippen molar-refractivity contribution in [3.05, 3.63) is 0 Å². The molecule has 0 aliphatic carbocycles. The summed E-state index contributed by atoms with van der Waals surface area (Å²) < 4.78 is 15.0. The maximum absolute atomic E-state index is 3.79. The SMILES string of the molecule is CCCCCCCP(CCCCCCC)[C]12[CH]3[CH]4[CH]5[C]1(P(CCCCCCC)CCCCCCC)[Ti]43521678[CH]2[CH]1[CH]6[CH]7[CH]28. The fourth-order valence-corrected chi connectivity index (χ4v) is 201. The number of hydrogen-bond donors (Lipinski definition) is 0. The third-order valence-electron chi connectivity index (χ3n) is 27.4. The predicted octanol–water partition coefficient (Wildman–Crippen LogP) is 14.0. The van der Waals surface area contributed by atoms with Crippen molar-refractivity contribution in [2.75, 3.05) is 24.6 Å². The van der Waals surface area contributed by atoms with Crippen molar-refractivity contribution in [2.45, 2.75) is 197 Å². The predicted molar refractivity (Wildman–Crippen MR) is 184 cm³/mol. The molecule has 10 heterocycles. The van der Waals surface area contributed by atoms with E-state index in [-0.39, 0.29) is 0 Å². The van der Waals surface area contributed by atoms with Gasteiger partial charge in [-0.15, -0.1) is 0 Å². The standard InChI is InChI=1S/C33H63P2.C5H5.Ti/c1-5-9-13-17-21-28-34(29-22-18-14-10-6-2)32-26-25-27-33(32)35(30-23-19-15-11-7-3)31-24-20-16-12-8-4;1-2-4-5-3-1;/h25-27H,5-24,28-31H2,1-4H3;1-5H;. The first-order valence-electron chi connectivity index (χ1n) is 20.5. The Morgan fingerprint density at radius 3 is 0.854 bits per heavy atom. The quantitative estimate of drug-likeness (QED) is 0.0505. The topological polar surface area (TPSA) is 0 Å². The minimum absolute atomic E-state index is 0.378. The maximum atomic E-state index is 2.41. The van der Waals surface area contributed by atoms with Crippen molar-refractivity contribution < 1.29 is 8.89 Å². The van der Waals surface area contributed by atoms with Crippen molar-refractivity contribution in [2.24, 2.45) is 0 Å². The molecule has 4 unspecified atom stereocenters. The zero-order valence-electron chi connectivity index (χ0n) is 28.0. The van der Waals surface area contributed by atoms with Crippen LogP contribution in [0.1, 0.15) is 156 Å².